The lowest BCUT2D eigenvalue weighted by Crippen LogP contribution is -2.46. The Kier molecular flexibility index (Phi) is 21.4. The van der Waals surface area contributed by atoms with E-state index in [1.165, 1.54) is 56.7 Å². The van der Waals surface area contributed by atoms with Crippen LogP contribution in [0.5, 0.6) is 11.5 Å². The molecule has 0 saturated carbocycles. The van der Waals surface area contributed by atoms with E-state index in [2.05, 4.69) is 82.6 Å². The molecule has 16 nitrogen and oxygen atoms in total. The van der Waals surface area contributed by atoms with Crippen LogP contribution in [0.1, 0.15) is 119 Å². The molecule has 2 amide bonds. The fourth-order valence-corrected chi connectivity index (χ4v) is 9.92. The third-order valence-corrected chi connectivity index (χ3v) is 14.8. The van der Waals surface area contributed by atoms with Crippen molar-refractivity contribution in [2.24, 2.45) is 23.7 Å². The molecule has 4 aliphatic rings. The number of Topliss-reactive ketones (excluding diaryl/α,β-unsaturated/α-hetero) is 1. The van der Waals surface area contributed by atoms with E-state index in [0.29, 0.717) is 72.7 Å². The van der Waals surface area contributed by atoms with Crippen molar-refractivity contribution in [1.82, 2.24) is 30.0 Å². The van der Waals surface area contributed by atoms with Crippen LogP contribution in [0.2, 0.25) is 0 Å². The molecule has 4 aliphatic heterocycles. The molecule has 0 unspecified atom stereocenters. The summed E-state index contributed by atoms with van der Waals surface area (Å²) < 4.78 is 12.3. The van der Waals surface area contributed by atoms with Crippen LogP contribution >= 0.6 is 0 Å². The smallest absolute Gasteiger partial charge is 0.372 e. The lowest BCUT2D eigenvalue weighted by atomic mass is 9.89. The van der Waals surface area contributed by atoms with E-state index in [1.807, 2.05) is 38.1 Å². The van der Waals surface area contributed by atoms with Crippen molar-refractivity contribution in [2.45, 2.75) is 110 Å². The first-order chi connectivity index (χ1) is 35.1. The number of likely N-dealkylation sites (tertiary alicyclic amines) is 3. The summed E-state index contributed by atoms with van der Waals surface area (Å²) in [4.78, 5) is 62.1. The Morgan fingerprint density at radius 2 is 1.26 bits per heavy atom. The summed E-state index contributed by atoms with van der Waals surface area (Å²) in [5.41, 5.74) is 16.6. The number of aliphatic carboxylic acids is 1. The molecule has 4 aromatic rings. The fourth-order valence-electron chi connectivity index (χ4n) is 9.92. The SMILES string of the molecule is CCc1cc(CC(=O)C(=O)O)cnc1N.CCc1cc(NC(=O)C(=O)N2C[C@@H](C)CC[C@@H]2c2cccc(OCC3CCN(C)CC3)c2)cnc1N.C[C@H]1CC[C@H](c2cccc(OCC3CCN(C)CC3)c2)NC1. The Morgan fingerprint density at radius 3 is 1.82 bits per heavy atom. The van der Waals surface area contributed by atoms with Crippen LogP contribution in [0, 0.1) is 23.7 Å². The van der Waals surface area contributed by atoms with Crippen LogP contribution in [0.3, 0.4) is 0 Å². The van der Waals surface area contributed by atoms with Crippen molar-refractivity contribution in [3.8, 4) is 11.5 Å². The van der Waals surface area contributed by atoms with Crippen LogP contribution in [0.4, 0.5) is 17.3 Å². The molecule has 4 atom stereocenters. The van der Waals surface area contributed by atoms with Gasteiger partial charge in [-0.25, -0.2) is 14.8 Å². The van der Waals surface area contributed by atoms with Gasteiger partial charge < -0.3 is 51.4 Å². The predicted octanol–water partition coefficient (Wildman–Crippen LogP) is 7.78. The van der Waals surface area contributed by atoms with Gasteiger partial charge in [0.25, 0.3) is 0 Å². The maximum absolute atomic E-state index is 13.3. The lowest BCUT2D eigenvalue weighted by molar-refractivity contribution is -0.148. The monoisotopic (exact) mass is 1000 g/mol. The van der Waals surface area contributed by atoms with E-state index in [0.717, 1.165) is 86.0 Å². The van der Waals surface area contributed by atoms with Crippen molar-refractivity contribution in [3.63, 3.8) is 0 Å². The highest BCUT2D eigenvalue weighted by molar-refractivity contribution is 6.39. The summed E-state index contributed by atoms with van der Waals surface area (Å²) in [6, 6.07) is 20.5. The summed E-state index contributed by atoms with van der Waals surface area (Å²) in [6.07, 6.45) is 13.3. The summed E-state index contributed by atoms with van der Waals surface area (Å²) >= 11 is 0. The van der Waals surface area contributed by atoms with Gasteiger partial charge in [0.2, 0.25) is 5.78 Å². The van der Waals surface area contributed by atoms with Crippen LogP contribution in [-0.4, -0.2) is 120 Å². The Balaban J connectivity index is 0.000000199. The highest BCUT2D eigenvalue weighted by atomic mass is 16.5. The molecule has 0 spiro atoms. The molecule has 0 bridgehead atoms. The molecular formula is C57H81N9O7. The first-order valence-electron chi connectivity index (χ1n) is 26.5. The number of nitrogens with two attached hydrogens (primary N) is 2. The number of aromatic nitrogens is 2. The van der Waals surface area contributed by atoms with Gasteiger partial charge in [-0.15, -0.1) is 0 Å². The number of rotatable bonds is 14. The molecule has 2 aromatic carbocycles. The number of ketones is 1. The standard InChI is InChI=1S/C28H39N5O3.C19H30N2O.C10H12N2O3/c1-4-21-14-23(16-30-26(21)29)31-27(34)28(35)33-17-19(2)8-9-25(33)22-6-5-7-24(15-22)36-18-20-10-12-32(3)13-11-20;1-15-6-7-19(20-13-15)17-4-3-5-18(12-17)22-14-16-8-10-21(2)11-9-16;1-2-7-3-6(5-12-9(7)11)4-8(13)10(14)15/h5-7,14-16,19-20,25H,4,8-13,17-18H2,1-3H3,(H2,29,30)(H,31,34);3-5,12,15-16,19-20H,6-11,13-14H2,1-2H3;3,5H,2,4H2,1H3,(H2,11,12)(H,14,15)/t19-,25+;15-,19+;/m00./s1. The largest absolute Gasteiger partial charge is 0.493 e. The Labute approximate surface area is 433 Å². The highest BCUT2D eigenvalue weighted by Crippen LogP contribution is 2.35. The molecule has 4 fully saturated rings. The molecule has 16 heteroatoms. The molecule has 7 N–H and O–H groups in total. The first kappa shape index (κ1) is 56.2. The van der Waals surface area contributed by atoms with Gasteiger partial charge in [0, 0.05) is 25.2 Å². The number of pyridine rings is 2. The highest BCUT2D eigenvalue weighted by Gasteiger charge is 2.35. The second-order valence-corrected chi connectivity index (χ2v) is 20.8. The number of aryl methyl sites for hydroxylation is 2. The second-order valence-electron chi connectivity index (χ2n) is 20.8. The second kappa shape index (κ2) is 27.8. The number of benzene rings is 2. The average Bonchev–Trinajstić information content (AvgIpc) is 3.40. The maximum atomic E-state index is 13.3. The number of hydrogen-bond donors (Lipinski definition) is 5. The zero-order chi connectivity index (χ0) is 52.4. The molecule has 8 rings (SSSR count). The first-order valence-corrected chi connectivity index (χ1v) is 26.5. The summed E-state index contributed by atoms with van der Waals surface area (Å²) in [5.74, 6) is 1.68. The zero-order valence-corrected chi connectivity index (χ0v) is 44.1. The van der Waals surface area contributed by atoms with Crippen molar-refractivity contribution in [2.75, 3.05) is 83.4 Å². The van der Waals surface area contributed by atoms with Gasteiger partial charge in [-0.05, 0) is 193 Å². The van der Waals surface area contributed by atoms with Gasteiger partial charge in [-0.1, -0.05) is 58.0 Å². The van der Waals surface area contributed by atoms with E-state index < -0.39 is 23.6 Å². The normalized spacial score (nSPS) is 20.9. The number of carboxylic acid groups (broad SMARTS) is 1. The average molecular weight is 1000 g/mol. The molecule has 2 aromatic heterocycles. The number of nitrogens with one attached hydrogen (secondary N) is 2. The van der Waals surface area contributed by atoms with Gasteiger partial charge in [-0.3, -0.25) is 14.4 Å². The molecule has 73 heavy (non-hydrogen) atoms. The quantitative estimate of drug-likeness (QED) is 0.0763. The predicted molar refractivity (Wildman–Crippen MR) is 287 cm³/mol. The van der Waals surface area contributed by atoms with Gasteiger partial charge >= 0.3 is 17.8 Å². The number of piperidine rings is 4. The Bertz CT molecular complexity index is 2430. The van der Waals surface area contributed by atoms with E-state index in [1.54, 1.807) is 17.0 Å². The Morgan fingerprint density at radius 1 is 0.712 bits per heavy atom. The number of anilines is 3. The van der Waals surface area contributed by atoms with Crippen molar-refractivity contribution >= 4 is 40.9 Å². The zero-order valence-electron chi connectivity index (χ0n) is 44.1. The van der Waals surface area contributed by atoms with E-state index in [9.17, 15) is 19.2 Å². The van der Waals surface area contributed by atoms with Gasteiger partial charge in [-0.2, -0.15) is 0 Å². The fraction of sp³-hybridized carbons (Fsp3) is 0.544. The van der Waals surface area contributed by atoms with Crippen LogP contribution in [0.15, 0.2) is 73.1 Å². The number of ether oxygens (including phenoxy) is 2. The number of hydrogen-bond acceptors (Lipinski definition) is 13. The number of nitrogens with zero attached hydrogens (tertiary/aromatic N) is 5. The molecule has 0 aliphatic carbocycles. The van der Waals surface area contributed by atoms with Gasteiger partial charge in [0.1, 0.15) is 23.1 Å². The van der Waals surface area contributed by atoms with E-state index >= 15 is 0 Å². The number of nitrogen functional groups attached to an aromatic ring is 2. The van der Waals surface area contributed by atoms with Crippen molar-refractivity contribution in [1.29, 1.82) is 0 Å². The molecule has 0 radical (unpaired) electrons. The topological polar surface area (TPSA) is 219 Å². The minimum Gasteiger partial charge on any atom is -0.493 e. The number of carbonyl (C=O) groups is 4. The van der Waals surface area contributed by atoms with Crippen molar-refractivity contribution in [3.05, 3.63) is 101 Å². The maximum Gasteiger partial charge on any atom is 0.372 e. The van der Waals surface area contributed by atoms with E-state index in [-0.39, 0.29) is 12.5 Å². The summed E-state index contributed by atoms with van der Waals surface area (Å²) in [7, 11) is 4.37. The van der Waals surface area contributed by atoms with Gasteiger partial charge in [0.05, 0.1) is 31.1 Å². The minimum absolute atomic E-state index is 0.143. The minimum atomic E-state index is -1.43. The van der Waals surface area contributed by atoms with Crippen LogP contribution in [-0.2, 0) is 38.4 Å². The third kappa shape index (κ3) is 17.2. The van der Waals surface area contributed by atoms with Gasteiger partial charge in [0.15, 0.2) is 0 Å². The van der Waals surface area contributed by atoms with E-state index in [4.69, 9.17) is 26.0 Å². The molecule has 396 valence electrons. The number of amides is 2. The molecule has 6 heterocycles. The third-order valence-electron chi connectivity index (χ3n) is 14.8. The summed E-state index contributed by atoms with van der Waals surface area (Å²) in [6.45, 7) is 16.2. The molecular weight excluding hydrogens is 923 g/mol. The lowest BCUT2D eigenvalue weighted by Gasteiger charge is -2.38. The van der Waals surface area contributed by atoms with Crippen molar-refractivity contribution < 1.29 is 33.8 Å². The number of carbonyl (C=O) groups excluding carboxylic acids is 3. The Hall–Kier alpha value is -6.10. The van der Waals surface area contributed by atoms with Crippen LogP contribution in [0.25, 0.3) is 0 Å². The molecule has 4 saturated heterocycles. The summed E-state index contributed by atoms with van der Waals surface area (Å²) in [5, 5.41) is 14.8. The number of carboxylic acids is 1. The van der Waals surface area contributed by atoms with Crippen LogP contribution < -0.4 is 31.6 Å².